The Hall–Kier alpha value is -0.420. The second-order valence-electron chi connectivity index (χ2n) is 2.16. The molecule has 1 N–H and O–H groups in total. The molecule has 0 spiro atoms. The minimum atomic E-state index is -2.31. The minimum absolute atomic E-state index is 0.0499. The summed E-state index contributed by atoms with van der Waals surface area (Å²) >= 11 is 3.28. The number of halogens is 1. The largest absolute Gasteiger partial charge is 0.768 e. The lowest BCUT2D eigenvalue weighted by atomic mass is 10.2. The van der Waals surface area contributed by atoms with Crippen molar-refractivity contribution < 1.29 is 13.9 Å². The molecule has 1 atom stereocenters. The van der Waals surface area contributed by atoms with Crippen molar-refractivity contribution in [3.63, 3.8) is 0 Å². The van der Waals surface area contributed by atoms with Crippen LogP contribution in [0.15, 0.2) is 23.1 Å². The van der Waals surface area contributed by atoms with Gasteiger partial charge in [-0.3, -0.25) is 4.21 Å². The van der Waals surface area contributed by atoms with Gasteiger partial charge in [-0.2, -0.15) is 0 Å². The average molecular weight is 206 g/mol. The van der Waals surface area contributed by atoms with Crippen LogP contribution in [0.3, 0.4) is 0 Å². The van der Waals surface area contributed by atoms with Crippen LogP contribution in [0.1, 0.15) is 5.56 Å². The molecular weight excluding hydrogens is 200 g/mol. The highest BCUT2D eigenvalue weighted by Crippen LogP contribution is 2.20. The van der Waals surface area contributed by atoms with Gasteiger partial charge >= 0.3 is 0 Å². The highest BCUT2D eigenvalue weighted by Gasteiger charge is 2.00. The Morgan fingerprint density at radius 1 is 1.58 bits per heavy atom. The molecule has 3 nitrogen and oxygen atoms in total. The van der Waals surface area contributed by atoms with Gasteiger partial charge in [-0.1, -0.05) is 17.7 Å². The maximum atomic E-state index is 10.5. The van der Waals surface area contributed by atoms with Crippen LogP contribution in [0.4, 0.5) is 0 Å². The van der Waals surface area contributed by atoms with Gasteiger partial charge in [0.25, 0.3) is 0 Å². The lowest BCUT2D eigenvalue weighted by Gasteiger charge is -2.07. The number of aliphatic hydroxyl groups is 1. The zero-order valence-electron chi connectivity index (χ0n) is 5.99. The third-order valence-electron chi connectivity index (χ3n) is 1.36. The fourth-order valence-corrected chi connectivity index (χ4v) is 1.57. The van der Waals surface area contributed by atoms with E-state index in [1.54, 1.807) is 0 Å². The van der Waals surface area contributed by atoms with Crippen LogP contribution in [0.25, 0.3) is 0 Å². The fraction of sp³-hybridized carbons (Fsp3) is 0.143. The van der Waals surface area contributed by atoms with Crippen molar-refractivity contribution in [2.45, 2.75) is 11.5 Å². The zero-order valence-corrected chi connectivity index (χ0v) is 7.56. The second kappa shape index (κ2) is 4.00. The Kier molecular flexibility index (Phi) is 3.22. The molecule has 12 heavy (non-hydrogen) atoms. The van der Waals surface area contributed by atoms with Crippen LogP contribution in [0, 0.1) is 0 Å². The monoisotopic (exact) mass is 205 g/mol. The van der Waals surface area contributed by atoms with Gasteiger partial charge in [0.15, 0.2) is 0 Å². The summed E-state index contributed by atoms with van der Waals surface area (Å²) in [6, 6.07) is 4.29. The maximum absolute atomic E-state index is 10.5. The first kappa shape index (κ1) is 9.67. The molecule has 0 radical (unpaired) electrons. The smallest absolute Gasteiger partial charge is 0.0682 e. The van der Waals surface area contributed by atoms with Crippen molar-refractivity contribution in [2.24, 2.45) is 0 Å². The third-order valence-corrected chi connectivity index (χ3v) is 2.50. The average Bonchev–Trinajstić information content (AvgIpc) is 2.03. The number of hydrogen-bond donors (Lipinski definition) is 1. The molecule has 5 heteroatoms. The minimum Gasteiger partial charge on any atom is -0.768 e. The van der Waals surface area contributed by atoms with Crippen LogP contribution in [-0.4, -0.2) is 13.9 Å². The van der Waals surface area contributed by atoms with Gasteiger partial charge in [0.2, 0.25) is 0 Å². The van der Waals surface area contributed by atoms with E-state index in [0.29, 0.717) is 5.56 Å². The predicted molar refractivity (Wildman–Crippen MR) is 44.6 cm³/mol. The molecular formula is C7H6ClO3S-. The molecule has 1 aromatic rings. The van der Waals surface area contributed by atoms with Gasteiger partial charge < -0.3 is 9.66 Å². The number of aliphatic hydroxyl groups excluding tert-OH is 1. The fourth-order valence-electron chi connectivity index (χ4n) is 0.778. The summed E-state index contributed by atoms with van der Waals surface area (Å²) in [6.45, 7) is -0.147. The summed E-state index contributed by atoms with van der Waals surface area (Å²) < 4.78 is 20.9. The first-order valence-electron chi connectivity index (χ1n) is 3.13. The first-order valence-corrected chi connectivity index (χ1v) is 4.59. The standard InChI is InChI=1S/C7H7ClO3S/c8-6-3-5(4-9)1-2-7(6)12(10)11/h1-3,9H,4H2,(H,10,11)/p-1. The van der Waals surface area contributed by atoms with E-state index in [1.807, 2.05) is 0 Å². The molecule has 0 amide bonds. The molecule has 0 aliphatic rings. The highest BCUT2D eigenvalue weighted by atomic mass is 35.5. The van der Waals surface area contributed by atoms with Gasteiger partial charge in [0.05, 0.1) is 11.6 Å². The van der Waals surface area contributed by atoms with E-state index in [9.17, 15) is 8.76 Å². The number of rotatable bonds is 2. The molecule has 0 aromatic heterocycles. The molecule has 0 fully saturated rings. The quantitative estimate of drug-likeness (QED) is 0.735. The van der Waals surface area contributed by atoms with Crippen LogP contribution in [0.5, 0.6) is 0 Å². The van der Waals surface area contributed by atoms with Gasteiger partial charge in [0, 0.05) is 4.90 Å². The van der Waals surface area contributed by atoms with Crippen molar-refractivity contribution in [3.05, 3.63) is 28.8 Å². The lowest BCUT2D eigenvalue weighted by Crippen LogP contribution is -1.91. The van der Waals surface area contributed by atoms with Gasteiger partial charge in [-0.05, 0) is 28.8 Å². The van der Waals surface area contributed by atoms with Crippen molar-refractivity contribution in [1.29, 1.82) is 0 Å². The Balaban J connectivity index is 3.12. The molecule has 0 saturated heterocycles. The van der Waals surface area contributed by atoms with E-state index in [0.717, 1.165) is 0 Å². The molecule has 0 aliphatic carbocycles. The van der Waals surface area contributed by atoms with Crippen LogP contribution < -0.4 is 0 Å². The van der Waals surface area contributed by atoms with E-state index in [4.69, 9.17) is 16.7 Å². The summed E-state index contributed by atoms with van der Waals surface area (Å²) in [7, 11) is 0. The van der Waals surface area contributed by atoms with E-state index in [1.165, 1.54) is 18.2 Å². The molecule has 1 unspecified atom stereocenters. The summed E-state index contributed by atoms with van der Waals surface area (Å²) in [4.78, 5) is 0.0499. The van der Waals surface area contributed by atoms with E-state index >= 15 is 0 Å². The molecule has 1 aromatic carbocycles. The van der Waals surface area contributed by atoms with Gasteiger partial charge in [0.1, 0.15) is 0 Å². The van der Waals surface area contributed by atoms with Gasteiger partial charge in [-0.25, -0.2) is 0 Å². The van der Waals surface area contributed by atoms with Crippen molar-refractivity contribution in [2.75, 3.05) is 0 Å². The van der Waals surface area contributed by atoms with E-state index < -0.39 is 11.1 Å². The predicted octanol–water partition coefficient (Wildman–Crippen LogP) is 1.07. The van der Waals surface area contributed by atoms with Crippen LogP contribution in [-0.2, 0) is 17.7 Å². The van der Waals surface area contributed by atoms with E-state index in [-0.39, 0.29) is 16.5 Å². The molecule has 0 saturated carbocycles. The second-order valence-corrected chi connectivity index (χ2v) is 3.47. The molecule has 0 aliphatic heterocycles. The topological polar surface area (TPSA) is 60.4 Å². The Bertz CT molecular complexity index is 314. The summed E-state index contributed by atoms with van der Waals surface area (Å²) in [5.41, 5.74) is 0.592. The molecule has 1 rings (SSSR count). The summed E-state index contributed by atoms with van der Waals surface area (Å²) in [5.74, 6) is 0. The highest BCUT2D eigenvalue weighted by molar-refractivity contribution is 7.79. The normalized spacial score (nSPS) is 12.9. The zero-order chi connectivity index (χ0) is 9.14. The van der Waals surface area contributed by atoms with Gasteiger partial charge in [-0.15, -0.1) is 0 Å². The summed E-state index contributed by atoms with van der Waals surface area (Å²) in [6.07, 6.45) is 0. The molecule has 0 heterocycles. The first-order chi connectivity index (χ1) is 5.65. The Morgan fingerprint density at radius 3 is 2.67 bits per heavy atom. The third kappa shape index (κ3) is 2.04. The molecule has 66 valence electrons. The van der Waals surface area contributed by atoms with Crippen molar-refractivity contribution >= 4 is 22.7 Å². The number of hydrogen-bond acceptors (Lipinski definition) is 3. The maximum Gasteiger partial charge on any atom is 0.0682 e. The molecule has 0 bridgehead atoms. The van der Waals surface area contributed by atoms with Crippen molar-refractivity contribution in [3.8, 4) is 0 Å². The summed E-state index contributed by atoms with van der Waals surface area (Å²) in [5, 5.41) is 8.81. The SMILES string of the molecule is O=S([O-])c1ccc(CO)cc1Cl. The Morgan fingerprint density at radius 2 is 2.25 bits per heavy atom. The van der Waals surface area contributed by atoms with E-state index in [2.05, 4.69) is 0 Å². The Labute approximate surface area is 77.3 Å². The van der Waals surface area contributed by atoms with Crippen LogP contribution >= 0.6 is 11.6 Å². The van der Waals surface area contributed by atoms with Crippen molar-refractivity contribution in [1.82, 2.24) is 0 Å². The lowest BCUT2D eigenvalue weighted by molar-refractivity contribution is 0.282. The van der Waals surface area contributed by atoms with Crippen LogP contribution in [0.2, 0.25) is 5.02 Å². The number of benzene rings is 1.